The summed E-state index contributed by atoms with van der Waals surface area (Å²) in [4.78, 5) is 38.1. The van der Waals surface area contributed by atoms with Crippen molar-refractivity contribution >= 4 is 29.5 Å². The molecule has 1 saturated heterocycles. The number of hydrogen-bond acceptors (Lipinski definition) is 5. The van der Waals surface area contributed by atoms with Gasteiger partial charge in [0.2, 0.25) is 5.91 Å². The van der Waals surface area contributed by atoms with Crippen molar-refractivity contribution in [1.82, 2.24) is 15.5 Å². The highest BCUT2D eigenvalue weighted by molar-refractivity contribution is 6.30. The summed E-state index contributed by atoms with van der Waals surface area (Å²) >= 11 is 5.77. The fourth-order valence-corrected chi connectivity index (χ4v) is 4.32. The van der Waals surface area contributed by atoms with E-state index in [9.17, 15) is 23.9 Å². The topological polar surface area (TPSA) is 108 Å². The molecule has 0 bridgehead atoms. The number of nitrogens with one attached hydrogen (secondary N) is 2. The van der Waals surface area contributed by atoms with Crippen molar-refractivity contribution < 1.29 is 28.6 Å². The van der Waals surface area contributed by atoms with Gasteiger partial charge in [-0.15, -0.1) is 0 Å². The molecular weight excluding hydrogens is 417 g/mol. The Balaban J connectivity index is 1.52. The van der Waals surface area contributed by atoms with Gasteiger partial charge in [0.05, 0.1) is 0 Å². The van der Waals surface area contributed by atoms with E-state index in [0.717, 1.165) is 6.07 Å². The molecule has 1 unspecified atom stereocenters. The van der Waals surface area contributed by atoms with Crippen molar-refractivity contribution in [2.45, 2.75) is 50.5 Å². The predicted octanol–water partition coefficient (Wildman–Crippen LogP) is 1.93. The summed E-state index contributed by atoms with van der Waals surface area (Å²) in [5, 5.41) is 15.8. The number of ether oxygens (including phenoxy) is 1. The molecule has 1 aromatic carbocycles. The molecule has 1 aliphatic carbocycles. The molecule has 1 saturated carbocycles. The molecular formula is C20H25ClFN3O5. The van der Waals surface area contributed by atoms with Gasteiger partial charge in [-0.3, -0.25) is 9.59 Å². The van der Waals surface area contributed by atoms with Gasteiger partial charge in [0.1, 0.15) is 5.82 Å². The largest absolute Gasteiger partial charge is 0.410 e. The van der Waals surface area contributed by atoms with Crippen LogP contribution in [0.4, 0.5) is 9.18 Å². The fourth-order valence-electron chi connectivity index (χ4n) is 4.08. The number of aliphatic hydroxyl groups is 1. The average Bonchev–Trinajstić information content (AvgIpc) is 2.99. The van der Waals surface area contributed by atoms with E-state index in [1.165, 1.54) is 17.0 Å². The molecule has 10 heteroatoms. The zero-order valence-electron chi connectivity index (χ0n) is 16.6. The van der Waals surface area contributed by atoms with E-state index >= 15 is 0 Å². The summed E-state index contributed by atoms with van der Waals surface area (Å²) in [5.74, 6) is -3.51. The second kappa shape index (κ2) is 9.18. The Morgan fingerprint density at radius 1 is 1.30 bits per heavy atom. The maximum atomic E-state index is 13.4. The summed E-state index contributed by atoms with van der Waals surface area (Å²) in [6, 6.07) is 3.73. The van der Waals surface area contributed by atoms with E-state index in [2.05, 4.69) is 10.6 Å². The van der Waals surface area contributed by atoms with Gasteiger partial charge in [-0.25, -0.2) is 9.18 Å². The van der Waals surface area contributed by atoms with Crippen molar-refractivity contribution in [3.05, 3.63) is 34.6 Å². The van der Waals surface area contributed by atoms with Gasteiger partial charge in [0.15, 0.2) is 0 Å². The normalized spacial score (nSPS) is 26.4. The van der Waals surface area contributed by atoms with Crippen LogP contribution in [0, 0.1) is 11.7 Å². The third-order valence-electron chi connectivity index (χ3n) is 5.66. The van der Waals surface area contributed by atoms with Crippen LogP contribution in [0.5, 0.6) is 0 Å². The number of amides is 3. The minimum atomic E-state index is -2.23. The second-order valence-corrected chi connectivity index (χ2v) is 8.11. The van der Waals surface area contributed by atoms with Crippen molar-refractivity contribution in [1.29, 1.82) is 0 Å². The predicted molar refractivity (Wildman–Crippen MR) is 106 cm³/mol. The third kappa shape index (κ3) is 5.02. The number of carbonyl (C=O) groups is 3. The number of benzene rings is 1. The summed E-state index contributed by atoms with van der Waals surface area (Å²) < 4.78 is 18.4. The van der Waals surface area contributed by atoms with Crippen molar-refractivity contribution in [2.75, 3.05) is 13.6 Å². The van der Waals surface area contributed by atoms with Crippen LogP contribution >= 0.6 is 11.6 Å². The highest BCUT2D eigenvalue weighted by Gasteiger charge is 2.51. The number of likely N-dealkylation sites (tertiary alicyclic amines) is 1. The number of nitrogens with zero attached hydrogens (tertiary/aromatic N) is 1. The first-order valence-corrected chi connectivity index (χ1v) is 10.3. The maximum Gasteiger partial charge on any atom is 0.410 e. The zero-order chi connectivity index (χ0) is 21.9. The lowest BCUT2D eigenvalue weighted by molar-refractivity contribution is -0.183. The van der Waals surface area contributed by atoms with Crippen LogP contribution in [0.1, 0.15) is 37.7 Å². The molecule has 1 atom stereocenters. The van der Waals surface area contributed by atoms with Gasteiger partial charge < -0.3 is 25.4 Å². The van der Waals surface area contributed by atoms with Crippen LogP contribution in [0.15, 0.2) is 18.2 Å². The third-order valence-corrected chi connectivity index (χ3v) is 5.88. The molecule has 1 aromatic rings. The van der Waals surface area contributed by atoms with Crippen LogP contribution in [-0.4, -0.2) is 53.3 Å². The van der Waals surface area contributed by atoms with Gasteiger partial charge >= 0.3 is 6.09 Å². The lowest BCUT2D eigenvalue weighted by atomic mass is 9.85. The highest BCUT2D eigenvalue weighted by atomic mass is 35.5. The summed E-state index contributed by atoms with van der Waals surface area (Å²) in [5.41, 5.74) is 0.413. The lowest BCUT2D eigenvalue weighted by Crippen LogP contribution is -2.49. The highest BCUT2D eigenvalue weighted by Crippen LogP contribution is 2.33. The molecule has 1 heterocycles. The van der Waals surface area contributed by atoms with Gasteiger partial charge in [0, 0.05) is 43.5 Å². The van der Waals surface area contributed by atoms with E-state index in [0.29, 0.717) is 31.2 Å². The Bertz CT molecular complexity index is 810. The van der Waals surface area contributed by atoms with E-state index in [1.807, 2.05) is 0 Å². The van der Waals surface area contributed by atoms with Crippen LogP contribution in [0.3, 0.4) is 0 Å². The molecule has 164 valence electrons. The van der Waals surface area contributed by atoms with Crippen molar-refractivity contribution in [3.63, 3.8) is 0 Å². The molecule has 3 amide bonds. The Morgan fingerprint density at radius 3 is 2.63 bits per heavy atom. The van der Waals surface area contributed by atoms with Gasteiger partial charge in [-0.05, 0) is 49.4 Å². The number of hydrogen-bond donors (Lipinski definition) is 3. The van der Waals surface area contributed by atoms with Crippen LogP contribution in [0.2, 0.25) is 5.02 Å². The summed E-state index contributed by atoms with van der Waals surface area (Å²) in [7, 11) is 1.60. The van der Waals surface area contributed by atoms with Crippen LogP contribution in [-0.2, 0) is 20.9 Å². The standard InChI is InChI=1S/C20H25ClFN3O5/c1-23-17(26)13-2-4-16(5-3-13)25-7-6-20(29,18(25)27)30-19(28)24-11-12-8-14(21)10-15(22)9-12/h8-10,13,16,29H,2-7,11H2,1H3,(H,23,26)(H,24,28). The molecule has 0 spiro atoms. The van der Waals surface area contributed by atoms with E-state index < -0.39 is 23.6 Å². The molecule has 2 fully saturated rings. The Kier molecular flexibility index (Phi) is 6.82. The van der Waals surface area contributed by atoms with Gasteiger partial charge in [-0.2, -0.15) is 0 Å². The number of carbonyl (C=O) groups excluding carboxylic acids is 3. The summed E-state index contributed by atoms with van der Waals surface area (Å²) in [6.45, 7) is 0.186. The van der Waals surface area contributed by atoms with E-state index in [1.54, 1.807) is 7.05 Å². The van der Waals surface area contributed by atoms with Crippen molar-refractivity contribution in [2.24, 2.45) is 5.92 Å². The Morgan fingerprint density at radius 2 is 2.00 bits per heavy atom. The second-order valence-electron chi connectivity index (χ2n) is 7.67. The smallest absolute Gasteiger partial charge is 0.407 e. The summed E-state index contributed by atoms with van der Waals surface area (Å²) in [6.07, 6.45) is 1.57. The molecule has 1 aliphatic heterocycles. The molecule has 2 aliphatic rings. The molecule has 3 rings (SSSR count). The SMILES string of the molecule is CNC(=O)C1CCC(N2CCC(O)(OC(=O)NCc3cc(F)cc(Cl)c3)C2=O)CC1. The van der Waals surface area contributed by atoms with Crippen LogP contribution < -0.4 is 10.6 Å². The first-order valence-electron chi connectivity index (χ1n) is 9.88. The number of alkyl carbamates (subject to hydrolysis) is 1. The quantitative estimate of drug-likeness (QED) is 0.605. The first-order chi connectivity index (χ1) is 14.2. The Hall–Kier alpha value is -2.39. The van der Waals surface area contributed by atoms with Gasteiger partial charge in [-0.1, -0.05) is 11.6 Å². The first kappa shape index (κ1) is 22.3. The monoisotopic (exact) mass is 441 g/mol. The van der Waals surface area contributed by atoms with Gasteiger partial charge in [0.25, 0.3) is 11.7 Å². The Labute approximate surface area is 178 Å². The molecule has 0 aromatic heterocycles. The number of rotatable bonds is 5. The fraction of sp³-hybridized carbons (Fsp3) is 0.550. The molecule has 0 radical (unpaired) electrons. The minimum absolute atomic E-state index is 0.00251. The molecule has 30 heavy (non-hydrogen) atoms. The average molecular weight is 442 g/mol. The number of halogens is 2. The minimum Gasteiger partial charge on any atom is -0.407 e. The van der Waals surface area contributed by atoms with Crippen molar-refractivity contribution in [3.8, 4) is 0 Å². The van der Waals surface area contributed by atoms with E-state index in [-0.39, 0.29) is 42.4 Å². The van der Waals surface area contributed by atoms with E-state index in [4.69, 9.17) is 16.3 Å². The molecule has 8 nitrogen and oxygen atoms in total. The lowest BCUT2D eigenvalue weighted by Gasteiger charge is -2.34. The molecule has 3 N–H and O–H groups in total. The van der Waals surface area contributed by atoms with Crippen LogP contribution in [0.25, 0.3) is 0 Å². The zero-order valence-corrected chi connectivity index (χ0v) is 17.4. The maximum absolute atomic E-state index is 13.4.